The highest BCUT2D eigenvalue weighted by atomic mass is 32.1. The number of thiol groups is 1. The average Bonchev–Trinajstić information content (AvgIpc) is 2.19. The summed E-state index contributed by atoms with van der Waals surface area (Å²) in [6, 6.07) is 6.80. The molecule has 3 nitrogen and oxygen atoms in total. The molecule has 2 rings (SSSR count). The highest BCUT2D eigenvalue weighted by Gasteiger charge is 1.97. The Morgan fingerprint density at radius 3 is 2.57 bits per heavy atom. The van der Waals surface area contributed by atoms with Crippen LogP contribution in [0.15, 0.2) is 52.5 Å². The molecular formula is C10H8N2OS. The molecule has 70 valence electrons. The van der Waals surface area contributed by atoms with Crippen molar-refractivity contribution in [1.82, 2.24) is 9.55 Å². The fraction of sp³-hybridized carbons (Fsp3) is 0. The Bertz CT molecular complexity index is 493. The molecule has 2 heterocycles. The molecule has 0 bridgehead atoms. The van der Waals surface area contributed by atoms with Gasteiger partial charge in [-0.15, -0.1) is 12.6 Å². The summed E-state index contributed by atoms with van der Waals surface area (Å²) in [6.07, 6.45) is 4.99. The lowest BCUT2D eigenvalue weighted by Crippen LogP contribution is -2.15. The first-order valence-corrected chi connectivity index (χ1v) is 4.54. The zero-order valence-electron chi connectivity index (χ0n) is 7.29. The smallest absolute Gasteiger partial charge is 0.256 e. The van der Waals surface area contributed by atoms with E-state index in [1.54, 1.807) is 41.4 Å². The molecule has 0 radical (unpaired) electrons. The van der Waals surface area contributed by atoms with Crippen LogP contribution in [0.4, 0.5) is 0 Å². The number of nitrogens with zero attached hydrogens (tertiary/aromatic N) is 2. The molecule has 0 saturated carbocycles. The highest BCUT2D eigenvalue weighted by Crippen LogP contribution is 2.05. The van der Waals surface area contributed by atoms with Gasteiger partial charge in [0.2, 0.25) is 0 Å². The molecule has 0 atom stereocenters. The molecule has 0 aliphatic heterocycles. The maximum Gasteiger partial charge on any atom is 0.256 e. The van der Waals surface area contributed by atoms with Crippen molar-refractivity contribution in [1.29, 1.82) is 0 Å². The zero-order valence-corrected chi connectivity index (χ0v) is 8.19. The molecule has 4 heteroatoms. The average molecular weight is 204 g/mol. The van der Waals surface area contributed by atoms with Crippen molar-refractivity contribution in [3.8, 4) is 5.69 Å². The monoisotopic (exact) mass is 204 g/mol. The number of hydrogen-bond acceptors (Lipinski definition) is 3. The largest absolute Gasteiger partial charge is 0.284 e. The quantitative estimate of drug-likeness (QED) is 0.715. The standard InChI is InChI=1S/C10H8N2OS/c13-10-7-9(14)3-6-12(10)8-1-4-11-5-2-8/h1-7,14H. The molecule has 0 spiro atoms. The van der Waals surface area contributed by atoms with Crippen LogP contribution in [0.1, 0.15) is 0 Å². The van der Waals surface area contributed by atoms with Gasteiger partial charge < -0.3 is 0 Å². The van der Waals surface area contributed by atoms with Gasteiger partial charge in [0, 0.05) is 29.6 Å². The molecule has 0 aliphatic rings. The predicted octanol–water partition coefficient (Wildman–Crippen LogP) is 1.52. The molecule has 2 aromatic rings. The third kappa shape index (κ3) is 1.70. The van der Waals surface area contributed by atoms with Crippen molar-refractivity contribution in [3.05, 3.63) is 53.2 Å². The van der Waals surface area contributed by atoms with Gasteiger partial charge in [-0.25, -0.2) is 0 Å². The zero-order chi connectivity index (χ0) is 9.97. The molecule has 0 aliphatic carbocycles. The van der Waals surface area contributed by atoms with Crippen molar-refractivity contribution < 1.29 is 0 Å². The van der Waals surface area contributed by atoms with E-state index in [9.17, 15) is 4.79 Å². The summed E-state index contributed by atoms with van der Waals surface area (Å²) in [6.45, 7) is 0. The Morgan fingerprint density at radius 1 is 1.21 bits per heavy atom. The van der Waals surface area contributed by atoms with Gasteiger partial charge in [0.1, 0.15) is 0 Å². The number of pyridine rings is 2. The minimum absolute atomic E-state index is 0.0938. The molecule has 0 unspecified atom stereocenters. The first-order valence-electron chi connectivity index (χ1n) is 4.09. The van der Waals surface area contributed by atoms with Gasteiger partial charge in [-0.3, -0.25) is 14.3 Å². The molecule has 0 saturated heterocycles. The van der Waals surface area contributed by atoms with E-state index in [0.717, 1.165) is 5.69 Å². The fourth-order valence-electron chi connectivity index (χ4n) is 1.19. The van der Waals surface area contributed by atoms with Crippen molar-refractivity contribution >= 4 is 12.6 Å². The first kappa shape index (κ1) is 9.02. The summed E-state index contributed by atoms with van der Waals surface area (Å²) in [5.41, 5.74) is 0.710. The Hall–Kier alpha value is -1.55. The van der Waals surface area contributed by atoms with Gasteiger partial charge in [0.05, 0.1) is 5.69 Å². The minimum atomic E-state index is -0.0938. The molecule has 0 fully saturated rings. The summed E-state index contributed by atoms with van der Waals surface area (Å²) in [7, 11) is 0. The van der Waals surface area contributed by atoms with Crippen LogP contribution in [-0.2, 0) is 0 Å². The van der Waals surface area contributed by atoms with E-state index in [2.05, 4.69) is 17.6 Å². The molecule has 14 heavy (non-hydrogen) atoms. The van der Waals surface area contributed by atoms with Gasteiger partial charge in [0.15, 0.2) is 0 Å². The van der Waals surface area contributed by atoms with Crippen LogP contribution in [-0.4, -0.2) is 9.55 Å². The van der Waals surface area contributed by atoms with E-state index in [1.807, 2.05) is 0 Å². The van der Waals surface area contributed by atoms with Gasteiger partial charge in [-0.1, -0.05) is 0 Å². The second-order valence-electron chi connectivity index (χ2n) is 2.80. The van der Waals surface area contributed by atoms with Gasteiger partial charge in [0.25, 0.3) is 5.56 Å². The normalized spacial score (nSPS) is 10.1. The van der Waals surface area contributed by atoms with Crippen LogP contribution >= 0.6 is 12.6 Å². The van der Waals surface area contributed by atoms with Crippen LogP contribution in [0, 0.1) is 0 Å². The van der Waals surface area contributed by atoms with E-state index in [0.29, 0.717) is 4.90 Å². The van der Waals surface area contributed by atoms with Gasteiger partial charge >= 0.3 is 0 Å². The van der Waals surface area contributed by atoms with Crippen LogP contribution < -0.4 is 5.56 Å². The van der Waals surface area contributed by atoms with Crippen molar-refractivity contribution in [2.45, 2.75) is 4.90 Å². The Kier molecular flexibility index (Phi) is 2.37. The van der Waals surface area contributed by atoms with E-state index in [1.165, 1.54) is 6.07 Å². The van der Waals surface area contributed by atoms with Crippen molar-refractivity contribution in [2.24, 2.45) is 0 Å². The van der Waals surface area contributed by atoms with Crippen LogP contribution in [0.2, 0.25) is 0 Å². The Morgan fingerprint density at radius 2 is 1.93 bits per heavy atom. The molecule has 0 aromatic carbocycles. The van der Waals surface area contributed by atoms with E-state index in [4.69, 9.17) is 0 Å². The number of hydrogen-bond donors (Lipinski definition) is 1. The maximum atomic E-state index is 11.5. The van der Waals surface area contributed by atoms with Crippen LogP contribution in [0.25, 0.3) is 5.69 Å². The lowest BCUT2D eigenvalue weighted by Gasteiger charge is -2.03. The molecule has 2 aromatic heterocycles. The summed E-state index contributed by atoms with van der Waals surface area (Å²) < 4.78 is 1.54. The SMILES string of the molecule is O=c1cc(S)ccn1-c1ccncc1. The lowest BCUT2D eigenvalue weighted by molar-refractivity contribution is 0.968. The Labute approximate surface area is 86.5 Å². The van der Waals surface area contributed by atoms with Crippen LogP contribution in [0.3, 0.4) is 0 Å². The van der Waals surface area contributed by atoms with Crippen LogP contribution in [0.5, 0.6) is 0 Å². The summed E-state index contributed by atoms with van der Waals surface area (Å²) in [4.78, 5) is 16.1. The second kappa shape index (κ2) is 3.67. The number of rotatable bonds is 1. The first-order chi connectivity index (χ1) is 6.77. The second-order valence-corrected chi connectivity index (χ2v) is 3.31. The third-order valence-electron chi connectivity index (χ3n) is 1.84. The summed E-state index contributed by atoms with van der Waals surface area (Å²) >= 11 is 4.09. The van der Waals surface area contributed by atoms with Crippen molar-refractivity contribution in [2.75, 3.05) is 0 Å². The van der Waals surface area contributed by atoms with Crippen molar-refractivity contribution in [3.63, 3.8) is 0 Å². The lowest BCUT2D eigenvalue weighted by atomic mass is 10.4. The van der Waals surface area contributed by atoms with E-state index >= 15 is 0 Å². The maximum absolute atomic E-state index is 11.5. The molecule has 0 amide bonds. The van der Waals surface area contributed by atoms with E-state index in [-0.39, 0.29) is 5.56 Å². The highest BCUT2D eigenvalue weighted by molar-refractivity contribution is 7.80. The third-order valence-corrected chi connectivity index (χ3v) is 2.12. The topological polar surface area (TPSA) is 34.9 Å². The minimum Gasteiger partial charge on any atom is -0.284 e. The fourth-order valence-corrected chi connectivity index (χ4v) is 1.36. The van der Waals surface area contributed by atoms with Gasteiger partial charge in [-0.2, -0.15) is 0 Å². The number of aromatic nitrogens is 2. The predicted molar refractivity (Wildman–Crippen MR) is 57.1 cm³/mol. The molecular weight excluding hydrogens is 196 g/mol. The van der Waals surface area contributed by atoms with Gasteiger partial charge in [-0.05, 0) is 18.2 Å². The summed E-state index contributed by atoms with van der Waals surface area (Å²) in [5, 5.41) is 0. The molecule has 0 N–H and O–H groups in total. The summed E-state index contributed by atoms with van der Waals surface area (Å²) in [5.74, 6) is 0. The van der Waals surface area contributed by atoms with E-state index < -0.39 is 0 Å². The Balaban J connectivity index is 2.59.